The molecular formula is C13H13BrF2N2O2. The number of nitrogens with zero attached hydrogens (tertiary/aromatic N) is 1. The Morgan fingerprint density at radius 1 is 1.30 bits per heavy atom. The second-order valence-corrected chi connectivity index (χ2v) is 5.49. The summed E-state index contributed by atoms with van der Waals surface area (Å²) in [5, 5.41) is 2.53. The van der Waals surface area contributed by atoms with Gasteiger partial charge in [-0.25, -0.2) is 8.78 Å². The van der Waals surface area contributed by atoms with Crippen LogP contribution in [0.5, 0.6) is 0 Å². The molecule has 1 aliphatic rings. The Bertz CT molecular complexity index is 556. The molecule has 1 N–H and O–H groups in total. The number of carbonyl (C=O) groups excluding carboxylic acids is 2. The number of anilines is 1. The average Bonchev–Trinajstić information content (AvgIpc) is 2.36. The van der Waals surface area contributed by atoms with Crippen molar-refractivity contribution in [2.75, 3.05) is 4.90 Å². The number of carbonyl (C=O) groups is 2. The smallest absolute Gasteiger partial charge is 0.250 e. The lowest BCUT2D eigenvalue weighted by Gasteiger charge is -2.37. The van der Waals surface area contributed by atoms with Crippen LogP contribution in [0.4, 0.5) is 14.5 Å². The van der Waals surface area contributed by atoms with E-state index < -0.39 is 41.2 Å². The van der Waals surface area contributed by atoms with E-state index in [9.17, 15) is 18.4 Å². The van der Waals surface area contributed by atoms with E-state index in [4.69, 9.17) is 0 Å². The zero-order chi connectivity index (χ0) is 15.0. The van der Waals surface area contributed by atoms with E-state index in [0.29, 0.717) is 6.42 Å². The predicted octanol–water partition coefficient (Wildman–Crippen LogP) is 2.36. The Labute approximate surface area is 123 Å². The molecule has 2 amide bonds. The van der Waals surface area contributed by atoms with E-state index in [2.05, 4.69) is 21.2 Å². The van der Waals surface area contributed by atoms with Gasteiger partial charge >= 0.3 is 0 Å². The molecule has 20 heavy (non-hydrogen) atoms. The first-order valence-electron chi connectivity index (χ1n) is 6.14. The van der Waals surface area contributed by atoms with Crippen LogP contribution in [0, 0.1) is 11.6 Å². The van der Waals surface area contributed by atoms with Gasteiger partial charge in [-0.2, -0.15) is 0 Å². The van der Waals surface area contributed by atoms with E-state index in [1.807, 2.05) is 0 Å². The molecule has 1 aromatic rings. The molecule has 4 nitrogen and oxygen atoms in total. The van der Waals surface area contributed by atoms with Crippen LogP contribution < -0.4 is 10.2 Å². The maximum Gasteiger partial charge on any atom is 0.250 e. The Balaban J connectivity index is 2.54. The van der Waals surface area contributed by atoms with Crippen LogP contribution in [-0.4, -0.2) is 23.9 Å². The lowest BCUT2D eigenvalue weighted by atomic mass is 10.0. The maximum absolute atomic E-state index is 14.0. The van der Waals surface area contributed by atoms with Gasteiger partial charge in [-0.15, -0.1) is 0 Å². The minimum Gasteiger partial charge on any atom is -0.343 e. The third-order valence-electron chi connectivity index (χ3n) is 3.25. The Morgan fingerprint density at radius 3 is 2.35 bits per heavy atom. The fourth-order valence-electron chi connectivity index (χ4n) is 2.18. The van der Waals surface area contributed by atoms with Crippen molar-refractivity contribution in [3.63, 3.8) is 0 Å². The SMILES string of the molecule is CCC1NC(=O)C(C)N(c2c(F)cc(Br)cc2F)C1=O. The minimum atomic E-state index is -0.963. The molecule has 1 fully saturated rings. The highest BCUT2D eigenvalue weighted by Crippen LogP contribution is 2.30. The number of rotatable bonds is 2. The van der Waals surface area contributed by atoms with Crippen LogP contribution in [0.15, 0.2) is 16.6 Å². The highest BCUT2D eigenvalue weighted by molar-refractivity contribution is 9.10. The molecule has 0 aromatic heterocycles. The molecule has 0 saturated carbocycles. The van der Waals surface area contributed by atoms with Crippen molar-refractivity contribution in [1.82, 2.24) is 5.32 Å². The number of hydrogen-bond acceptors (Lipinski definition) is 2. The normalized spacial score (nSPS) is 22.9. The predicted molar refractivity (Wildman–Crippen MR) is 73.2 cm³/mol. The van der Waals surface area contributed by atoms with Crippen molar-refractivity contribution in [3.8, 4) is 0 Å². The van der Waals surface area contributed by atoms with Gasteiger partial charge < -0.3 is 5.32 Å². The molecule has 1 aliphatic heterocycles. The third-order valence-corrected chi connectivity index (χ3v) is 3.71. The molecule has 108 valence electrons. The molecule has 2 unspecified atom stereocenters. The summed E-state index contributed by atoms with van der Waals surface area (Å²) < 4.78 is 28.2. The van der Waals surface area contributed by atoms with Crippen molar-refractivity contribution in [2.45, 2.75) is 32.4 Å². The topological polar surface area (TPSA) is 49.4 Å². The summed E-state index contributed by atoms with van der Waals surface area (Å²) in [6.45, 7) is 3.14. The summed E-state index contributed by atoms with van der Waals surface area (Å²) in [7, 11) is 0. The largest absolute Gasteiger partial charge is 0.343 e. The first kappa shape index (κ1) is 14.9. The highest BCUT2D eigenvalue weighted by atomic mass is 79.9. The lowest BCUT2D eigenvalue weighted by Crippen LogP contribution is -2.62. The fourth-order valence-corrected chi connectivity index (χ4v) is 2.58. The van der Waals surface area contributed by atoms with Crippen molar-refractivity contribution >= 4 is 33.4 Å². The number of halogens is 3. The van der Waals surface area contributed by atoms with Crippen molar-refractivity contribution in [2.24, 2.45) is 0 Å². The number of hydrogen-bond donors (Lipinski definition) is 1. The average molecular weight is 347 g/mol. The van der Waals surface area contributed by atoms with Crippen molar-refractivity contribution in [1.29, 1.82) is 0 Å². The number of nitrogens with one attached hydrogen (secondary N) is 1. The van der Waals surface area contributed by atoms with E-state index in [1.165, 1.54) is 6.92 Å². The van der Waals surface area contributed by atoms with Gasteiger partial charge in [-0.05, 0) is 25.5 Å². The van der Waals surface area contributed by atoms with Gasteiger partial charge in [0.2, 0.25) is 11.8 Å². The molecule has 1 saturated heterocycles. The second-order valence-electron chi connectivity index (χ2n) is 4.57. The zero-order valence-corrected chi connectivity index (χ0v) is 12.5. The van der Waals surface area contributed by atoms with Crippen molar-refractivity contribution in [3.05, 3.63) is 28.2 Å². The molecule has 0 radical (unpaired) electrons. The monoisotopic (exact) mass is 346 g/mol. The van der Waals surface area contributed by atoms with E-state index >= 15 is 0 Å². The Morgan fingerprint density at radius 2 is 1.85 bits per heavy atom. The van der Waals surface area contributed by atoms with E-state index in [-0.39, 0.29) is 4.47 Å². The summed E-state index contributed by atoms with van der Waals surface area (Å²) in [5.41, 5.74) is -0.487. The van der Waals surface area contributed by atoms with Gasteiger partial charge in [0.05, 0.1) is 0 Å². The van der Waals surface area contributed by atoms with Gasteiger partial charge in [0.15, 0.2) is 11.6 Å². The minimum absolute atomic E-state index is 0.227. The molecular weight excluding hydrogens is 334 g/mol. The summed E-state index contributed by atoms with van der Waals surface area (Å²) in [6, 6.07) is 0.397. The highest BCUT2D eigenvalue weighted by Gasteiger charge is 2.40. The van der Waals surface area contributed by atoms with Crippen LogP contribution in [0.25, 0.3) is 0 Å². The molecule has 0 spiro atoms. The second kappa shape index (κ2) is 5.47. The fraction of sp³-hybridized carbons (Fsp3) is 0.385. The van der Waals surface area contributed by atoms with E-state index in [1.54, 1.807) is 6.92 Å². The first-order chi connectivity index (χ1) is 9.36. The Hall–Kier alpha value is -1.50. The van der Waals surface area contributed by atoms with Gasteiger partial charge in [0.25, 0.3) is 0 Å². The zero-order valence-electron chi connectivity index (χ0n) is 10.9. The van der Waals surface area contributed by atoms with E-state index in [0.717, 1.165) is 17.0 Å². The van der Waals surface area contributed by atoms with Gasteiger partial charge in [0.1, 0.15) is 17.8 Å². The van der Waals surface area contributed by atoms with Crippen LogP contribution in [0.2, 0.25) is 0 Å². The Kier molecular flexibility index (Phi) is 4.08. The van der Waals surface area contributed by atoms with Gasteiger partial charge in [-0.1, -0.05) is 22.9 Å². The summed E-state index contributed by atoms with van der Waals surface area (Å²) >= 11 is 2.98. The van der Waals surface area contributed by atoms with Crippen LogP contribution in [-0.2, 0) is 9.59 Å². The number of piperazine rings is 1. The molecule has 1 aromatic carbocycles. The third kappa shape index (κ3) is 2.42. The molecule has 2 rings (SSSR count). The summed E-state index contributed by atoms with van der Waals surface area (Å²) in [5.74, 6) is -2.72. The maximum atomic E-state index is 14.0. The summed E-state index contributed by atoms with van der Waals surface area (Å²) in [6.07, 6.45) is 0.355. The molecule has 7 heteroatoms. The quantitative estimate of drug-likeness (QED) is 0.893. The number of benzene rings is 1. The molecule has 0 aliphatic carbocycles. The number of amides is 2. The first-order valence-corrected chi connectivity index (χ1v) is 6.94. The van der Waals surface area contributed by atoms with Gasteiger partial charge in [-0.3, -0.25) is 14.5 Å². The van der Waals surface area contributed by atoms with Crippen LogP contribution in [0.1, 0.15) is 20.3 Å². The van der Waals surface area contributed by atoms with Crippen LogP contribution in [0.3, 0.4) is 0 Å². The standard InChI is InChI=1S/C13H13BrF2N2O2/c1-3-10-13(20)18(6(2)12(19)17-10)11-8(15)4-7(14)5-9(11)16/h4-6,10H,3H2,1-2H3,(H,17,19). The summed E-state index contributed by atoms with van der Waals surface area (Å²) in [4.78, 5) is 25.0. The molecule has 2 atom stereocenters. The van der Waals surface area contributed by atoms with Crippen molar-refractivity contribution < 1.29 is 18.4 Å². The molecule has 1 heterocycles. The van der Waals surface area contributed by atoms with Crippen LogP contribution >= 0.6 is 15.9 Å². The van der Waals surface area contributed by atoms with Gasteiger partial charge in [0, 0.05) is 4.47 Å². The molecule has 0 bridgehead atoms. The lowest BCUT2D eigenvalue weighted by molar-refractivity contribution is -0.133.